The molecule has 13 heavy (non-hydrogen) atoms. The molecule has 0 N–H and O–H groups in total. The molecule has 0 saturated carbocycles. The fraction of sp³-hybridized carbons (Fsp3) is 0.200. The van der Waals surface area contributed by atoms with Gasteiger partial charge in [-0.3, -0.25) is 0 Å². The van der Waals surface area contributed by atoms with Crippen molar-refractivity contribution in [2.24, 2.45) is 0 Å². The number of benzene rings is 1. The summed E-state index contributed by atoms with van der Waals surface area (Å²) in [4.78, 5) is 0. The normalized spacial score (nSPS) is 9.31. The van der Waals surface area contributed by atoms with E-state index in [9.17, 15) is 4.39 Å². The summed E-state index contributed by atoms with van der Waals surface area (Å²) in [5, 5.41) is 0. The van der Waals surface area contributed by atoms with E-state index < -0.39 is 6.86 Å². The predicted octanol–water partition coefficient (Wildman–Crippen LogP) is 2.56. The molecule has 1 aromatic carbocycles. The minimum absolute atomic E-state index is 0.462. The summed E-state index contributed by atoms with van der Waals surface area (Å²) in [5.41, 5.74) is 0. The smallest absolute Gasteiger partial charge is 0.228 e. The van der Waals surface area contributed by atoms with E-state index >= 15 is 0 Å². The topological polar surface area (TPSA) is 18.5 Å². The summed E-state index contributed by atoms with van der Waals surface area (Å²) < 4.78 is 21.6. The quantitative estimate of drug-likeness (QED) is 0.651. The van der Waals surface area contributed by atoms with Crippen LogP contribution < -0.4 is 9.47 Å². The largest absolute Gasteiger partial charge is 0.490 e. The second kappa shape index (κ2) is 5.19. The van der Waals surface area contributed by atoms with Gasteiger partial charge in [0.25, 0.3) is 0 Å². The highest BCUT2D eigenvalue weighted by atomic mass is 19.1. The maximum absolute atomic E-state index is 11.7. The minimum Gasteiger partial charge on any atom is -0.490 e. The van der Waals surface area contributed by atoms with Gasteiger partial charge in [0, 0.05) is 0 Å². The van der Waals surface area contributed by atoms with Gasteiger partial charge in [-0.25, -0.2) is 4.39 Å². The molecule has 0 spiro atoms. The van der Waals surface area contributed by atoms with E-state index in [1.54, 1.807) is 30.3 Å². The van der Waals surface area contributed by atoms with Crippen molar-refractivity contribution in [1.29, 1.82) is 0 Å². The molecule has 0 aliphatic rings. The molecule has 0 unspecified atom stereocenters. The van der Waals surface area contributed by atoms with Crippen LogP contribution >= 0.6 is 0 Å². The lowest BCUT2D eigenvalue weighted by molar-refractivity contribution is 0.191. The third kappa shape index (κ3) is 3.15. The van der Waals surface area contributed by atoms with Gasteiger partial charge in [0.05, 0.1) is 0 Å². The van der Waals surface area contributed by atoms with Gasteiger partial charge in [-0.2, -0.15) is 0 Å². The Morgan fingerprint density at radius 3 is 2.15 bits per heavy atom. The molecule has 2 nitrogen and oxygen atoms in total. The van der Waals surface area contributed by atoms with E-state index in [0.717, 1.165) is 0 Å². The lowest BCUT2D eigenvalue weighted by Gasteiger charge is -2.04. The Kier molecular flexibility index (Phi) is 3.82. The number of hydrogen-bond donors (Lipinski definition) is 0. The van der Waals surface area contributed by atoms with Crippen LogP contribution in [0.2, 0.25) is 0 Å². The highest BCUT2D eigenvalue weighted by Gasteiger charge is 1.94. The maximum atomic E-state index is 11.7. The van der Waals surface area contributed by atoms with Crippen molar-refractivity contribution in [3.8, 4) is 11.5 Å². The fourth-order valence-electron chi connectivity index (χ4n) is 0.850. The summed E-state index contributed by atoms with van der Waals surface area (Å²) in [7, 11) is 0. The van der Waals surface area contributed by atoms with Gasteiger partial charge in [-0.15, -0.1) is 0 Å². The molecular weight excluding hydrogens is 171 g/mol. The van der Waals surface area contributed by atoms with Crippen molar-refractivity contribution in [2.45, 2.75) is 0 Å². The SMILES string of the molecule is C=CCOc1ccc(OCF)cc1. The molecule has 0 atom stereocenters. The molecule has 3 heteroatoms. The highest BCUT2D eigenvalue weighted by Crippen LogP contribution is 2.17. The Balaban J connectivity index is 2.53. The standard InChI is InChI=1S/C10H11FO2/c1-2-7-12-9-3-5-10(6-4-9)13-8-11/h2-6H,1,7-8H2. The molecule has 0 heterocycles. The van der Waals surface area contributed by atoms with Crippen LogP contribution in [-0.2, 0) is 0 Å². The van der Waals surface area contributed by atoms with Crippen LogP contribution in [0.5, 0.6) is 11.5 Å². The Morgan fingerprint density at radius 2 is 1.69 bits per heavy atom. The van der Waals surface area contributed by atoms with E-state index in [2.05, 4.69) is 11.3 Å². The molecule has 70 valence electrons. The van der Waals surface area contributed by atoms with Crippen molar-refractivity contribution < 1.29 is 13.9 Å². The van der Waals surface area contributed by atoms with Crippen LogP contribution in [0.25, 0.3) is 0 Å². The lowest BCUT2D eigenvalue weighted by atomic mass is 10.3. The zero-order valence-corrected chi connectivity index (χ0v) is 7.20. The van der Waals surface area contributed by atoms with Crippen LogP contribution in [0.1, 0.15) is 0 Å². The van der Waals surface area contributed by atoms with E-state index in [-0.39, 0.29) is 0 Å². The van der Waals surface area contributed by atoms with Gasteiger partial charge in [0.15, 0.2) is 0 Å². The first-order valence-electron chi connectivity index (χ1n) is 3.89. The fourth-order valence-corrected chi connectivity index (χ4v) is 0.850. The molecule has 0 saturated heterocycles. The van der Waals surface area contributed by atoms with Crippen LogP contribution in [0, 0.1) is 0 Å². The molecule has 1 aromatic rings. The third-order valence-electron chi connectivity index (χ3n) is 1.41. The van der Waals surface area contributed by atoms with Gasteiger partial charge < -0.3 is 9.47 Å². The second-order valence-electron chi connectivity index (χ2n) is 2.32. The van der Waals surface area contributed by atoms with E-state index in [1.165, 1.54) is 0 Å². The molecule has 0 radical (unpaired) electrons. The monoisotopic (exact) mass is 182 g/mol. The van der Waals surface area contributed by atoms with Crippen molar-refractivity contribution in [2.75, 3.05) is 13.5 Å². The Hall–Kier alpha value is -1.51. The minimum atomic E-state index is -0.813. The van der Waals surface area contributed by atoms with Crippen molar-refractivity contribution >= 4 is 0 Å². The van der Waals surface area contributed by atoms with Gasteiger partial charge in [-0.1, -0.05) is 12.7 Å². The number of alkyl halides is 1. The number of hydrogen-bond acceptors (Lipinski definition) is 2. The third-order valence-corrected chi connectivity index (χ3v) is 1.41. The highest BCUT2D eigenvalue weighted by molar-refractivity contribution is 5.31. The molecule has 1 rings (SSSR count). The molecule has 0 bridgehead atoms. The number of ether oxygens (including phenoxy) is 2. The average molecular weight is 182 g/mol. The van der Waals surface area contributed by atoms with Gasteiger partial charge in [0.1, 0.15) is 18.1 Å². The van der Waals surface area contributed by atoms with Crippen molar-refractivity contribution in [3.63, 3.8) is 0 Å². The molecular formula is C10H11FO2. The first-order chi connectivity index (χ1) is 6.36. The van der Waals surface area contributed by atoms with Crippen LogP contribution in [0.4, 0.5) is 4.39 Å². The average Bonchev–Trinajstić information content (AvgIpc) is 2.17. The first-order valence-corrected chi connectivity index (χ1v) is 3.89. The van der Waals surface area contributed by atoms with Gasteiger partial charge in [0.2, 0.25) is 6.86 Å². The predicted molar refractivity (Wildman–Crippen MR) is 48.7 cm³/mol. The summed E-state index contributed by atoms with van der Waals surface area (Å²) >= 11 is 0. The molecule has 0 aromatic heterocycles. The summed E-state index contributed by atoms with van der Waals surface area (Å²) in [6.45, 7) is 3.17. The Bertz CT molecular complexity index is 256. The van der Waals surface area contributed by atoms with Crippen molar-refractivity contribution in [3.05, 3.63) is 36.9 Å². The Morgan fingerprint density at radius 1 is 1.15 bits per heavy atom. The van der Waals surface area contributed by atoms with E-state index in [1.807, 2.05) is 0 Å². The van der Waals surface area contributed by atoms with Gasteiger partial charge in [-0.05, 0) is 24.3 Å². The summed E-state index contributed by atoms with van der Waals surface area (Å²) in [5.74, 6) is 1.21. The zero-order chi connectivity index (χ0) is 9.52. The van der Waals surface area contributed by atoms with E-state index in [0.29, 0.717) is 18.1 Å². The molecule has 0 aliphatic heterocycles. The van der Waals surface area contributed by atoms with Crippen molar-refractivity contribution in [1.82, 2.24) is 0 Å². The molecule has 0 aliphatic carbocycles. The van der Waals surface area contributed by atoms with Crippen LogP contribution in [0.3, 0.4) is 0 Å². The molecule has 0 fully saturated rings. The zero-order valence-electron chi connectivity index (χ0n) is 7.20. The Labute approximate surface area is 76.6 Å². The second-order valence-corrected chi connectivity index (χ2v) is 2.32. The first kappa shape index (κ1) is 9.58. The van der Waals surface area contributed by atoms with Gasteiger partial charge >= 0.3 is 0 Å². The van der Waals surface area contributed by atoms with Crippen LogP contribution in [0.15, 0.2) is 36.9 Å². The number of rotatable bonds is 5. The van der Waals surface area contributed by atoms with E-state index in [4.69, 9.17) is 4.74 Å². The summed E-state index contributed by atoms with van der Waals surface area (Å²) in [6, 6.07) is 6.74. The number of halogens is 1. The van der Waals surface area contributed by atoms with Crippen LogP contribution in [-0.4, -0.2) is 13.5 Å². The maximum Gasteiger partial charge on any atom is 0.228 e. The lowest BCUT2D eigenvalue weighted by Crippen LogP contribution is -1.93. The summed E-state index contributed by atoms with van der Waals surface area (Å²) in [6.07, 6.45) is 1.66. The molecule has 0 amide bonds.